The predicted molar refractivity (Wildman–Crippen MR) is 74.4 cm³/mol. The van der Waals surface area contributed by atoms with Crippen molar-refractivity contribution in [2.75, 3.05) is 13.1 Å². The Morgan fingerprint density at radius 1 is 1.50 bits per heavy atom. The molecule has 0 bridgehead atoms. The van der Waals surface area contributed by atoms with Crippen molar-refractivity contribution in [1.29, 1.82) is 5.26 Å². The average molecular weight is 294 g/mol. The molecule has 2 unspecified atom stereocenters. The van der Waals surface area contributed by atoms with Gasteiger partial charge in [0.1, 0.15) is 0 Å². The van der Waals surface area contributed by atoms with E-state index in [1.54, 1.807) is 19.9 Å². The second-order valence-electron chi connectivity index (χ2n) is 5.24. The summed E-state index contributed by atoms with van der Waals surface area (Å²) in [5, 5.41) is 18.4. The third kappa shape index (κ3) is 2.70. The Labute approximate surface area is 119 Å². The van der Waals surface area contributed by atoms with Crippen LogP contribution in [-0.4, -0.2) is 37.0 Å². The van der Waals surface area contributed by atoms with Gasteiger partial charge < -0.3 is 5.11 Å². The number of hydrogen-bond donors (Lipinski definition) is 1. The summed E-state index contributed by atoms with van der Waals surface area (Å²) in [7, 11) is -3.55. The highest BCUT2D eigenvalue weighted by Crippen LogP contribution is 2.28. The molecule has 1 saturated heterocycles. The summed E-state index contributed by atoms with van der Waals surface area (Å²) in [5.41, 5.74) is 1.02. The summed E-state index contributed by atoms with van der Waals surface area (Å²) in [6, 6.07) is 6.58. The molecular formula is C14H18N2O3S. The van der Waals surface area contributed by atoms with Crippen LogP contribution < -0.4 is 0 Å². The average Bonchev–Trinajstić information content (AvgIpc) is 2.88. The molecule has 0 amide bonds. The molecule has 5 nitrogen and oxygen atoms in total. The van der Waals surface area contributed by atoms with Gasteiger partial charge in [0.15, 0.2) is 0 Å². The Morgan fingerprint density at radius 2 is 2.20 bits per heavy atom. The maximum atomic E-state index is 12.6. The molecule has 1 aromatic carbocycles. The molecule has 1 fully saturated rings. The monoisotopic (exact) mass is 294 g/mol. The zero-order chi connectivity index (χ0) is 14.9. The predicted octanol–water partition coefficient (Wildman–Crippen LogP) is 1.26. The lowest BCUT2D eigenvalue weighted by atomic mass is 10.0. The molecule has 1 N–H and O–H groups in total. The van der Waals surface area contributed by atoms with E-state index < -0.39 is 16.1 Å². The van der Waals surface area contributed by atoms with Gasteiger partial charge in [0.25, 0.3) is 0 Å². The molecule has 1 aliphatic heterocycles. The van der Waals surface area contributed by atoms with E-state index in [1.165, 1.54) is 16.4 Å². The van der Waals surface area contributed by atoms with Crippen molar-refractivity contribution in [2.45, 2.75) is 31.3 Å². The number of nitriles is 1. The van der Waals surface area contributed by atoms with Gasteiger partial charge in [0, 0.05) is 13.1 Å². The van der Waals surface area contributed by atoms with Crippen LogP contribution >= 0.6 is 0 Å². The highest BCUT2D eigenvalue weighted by Gasteiger charge is 2.35. The number of rotatable bonds is 3. The molecule has 0 spiro atoms. The lowest BCUT2D eigenvalue weighted by Gasteiger charge is -2.19. The van der Waals surface area contributed by atoms with Gasteiger partial charge in [-0.15, -0.1) is 0 Å². The van der Waals surface area contributed by atoms with Crippen LogP contribution in [0.25, 0.3) is 0 Å². The second kappa shape index (κ2) is 5.52. The van der Waals surface area contributed by atoms with Crippen LogP contribution in [0.3, 0.4) is 0 Å². The third-order valence-corrected chi connectivity index (χ3v) is 5.82. The smallest absolute Gasteiger partial charge is 0.243 e. The van der Waals surface area contributed by atoms with E-state index in [1.807, 2.05) is 6.07 Å². The number of aliphatic hydroxyl groups is 1. The fourth-order valence-electron chi connectivity index (χ4n) is 2.51. The van der Waals surface area contributed by atoms with E-state index in [0.29, 0.717) is 30.6 Å². The summed E-state index contributed by atoms with van der Waals surface area (Å²) < 4.78 is 26.6. The lowest BCUT2D eigenvalue weighted by molar-refractivity contribution is 0.133. The van der Waals surface area contributed by atoms with E-state index in [0.717, 1.165) is 0 Å². The Balaban J connectivity index is 2.30. The Kier molecular flexibility index (Phi) is 4.14. The molecule has 0 aliphatic carbocycles. The van der Waals surface area contributed by atoms with E-state index in [-0.39, 0.29) is 10.8 Å². The van der Waals surface area contributed by atoms with E-state index in [9.17, 15) is 13.5 Å². The highest BCUT2D eigenvalue weighted by molar-refractivity contribution is 7.89. The molecule has 2 rings (SSSR count). The molecule has 108 valence electrons. The van der Waals surface area contributed by atoms with Crippen molar-refractivity contribution >= 4 is 10.0 Å². The molecular weight excluding hydrogens is 276 g/mol. The van der Waals surface area contributed by atoms with Crippen molar-refractivity contribution in [3.05, 3.63) is 29.3 Å². The van der Waals surface area contributed by atoms with Gasteiger partial charge in [0.05, 0.1) is 22.6 Å². The summed E-state index contributed by atoms with van der Waals surface area (Å²) in [5.74, 6) is -0.0107. The van der Waals surface area contributed by atoms with Crippen molar-refractivity contribution in [1.82, 2.24) is 4.31 Å². The Morgan fingerprint density at radius 3 is 2.70 bits per heavy atom. The van der Waals surface area contributed by atoms with Gasteiger partial charge in [-0.1, -0.05) is 0 Å². The van der Waals surface area contributed by atoms with E-state index in [2.05, 4.69) is 0 Å². The molecule has 0 radical (unpaired) electrons. The van der Waals surface area contributed by atoms with Crippen molar-refractivity contribution in [3.8, 4) is 6.07 Å². The Bertz CT molecular complexity index is 647. The topological polar surface area (TPSA) is 81.4 Å². The van der Waals surface area contributed by atoms with Crippen LogP contribution in [0, 0.1) is 24.2 Å². The minimum Gasteiger partial charge on any atom is -0.393 e. The highest BCUT2D eigenvalue weighted by atomic mass is 32.2. The fourth-order valence-corrected chi connectivity index (χ4v) is 4.23. The normalized spacial score (nSPS) is 21.6. The third-order valence-electron chi connectivity index (χ3n) is 3.79. The van der Waals surface area contributed by atoms with Crippen molar-refractivity contribution in [3.63, 3.8) is 0 Å². The zero-order valence-corrected chi connectivity index (χ0v) is 12.4. The molecule has 20 heavy (non-hydrogen) atoms. The fraction of sp³-hybridized carbons (Fsp3) is 0.500. The van der Waals surface area contributed by atoms with Gasteiger partial charge in [-0.05, 0) is 49.9 Å². The van der Waals surface area contributed by atoms with Gasteiger partial charge in [-0.25, -0.2) is 8.42 Å². The molecule has 1 aromatic rings. The van der Waals surface area contributed by atoms with Gasteiger partial charge in [-0.2, -0.15) is 9.57 Å². The minimum absolute atomic E-state index is 0.0107. The number of nitrogens with zero attached hydrogens (tertiary/aromatic N) is 2. The molecule has 6 heteroatoms. The largest absolute Gasteiger partial charge is 0.393 e. The van der Waals surface area contributed by atoms with Crippen molar-refractivity contribution in [2.24, 2.45) is 5.92 Å². The minimum atomic E-state index is -3.55. The lowest BCUT2D eigenvalue weighted by Crippen LogP contribution is -2.31. The number of sulfonamides is 1. The van der Waals surface area contributed by atoms with Gasteiger partial charge >= 0.3 is 0 Å². The zero-order valence-electron chi connectivity index (χ0n) is 11.6. The summed E-state index contributed by atoms with van der Waals surface area (Å²) in [6.07, 6.45) is 0.170. The first-order chi connectivity index (χ1) is 9.36. The summed E-state index contributed by atoms with van der Waals surface area (Å²) in [4.78, 5) is 0.239. The number of aryl methyl sites for hydroxylation is 1. The second-order valence-corrected chi connectivity index (χ2v) is 7.15. The van der Waals surface area contributed by atoms with Crippen LogP contribution in [0.2, 0.25) is 0 Å². The van der Waals surface area contributed by atoms with Crippen LogP contribution in [0.15, 0.2) is 23.1 Å². The SMILES string of the molecule is Cc1cc(C#N)ccc1S(=O)(=O)N1CCC(C(C)O)C1. The molecule has 0 aromatic heterocycles. The quantitative estimate of drug-likeness (QED) is 0.910. The van der Waals surface area contributed by atoms with E-state index >= 15 is 0 Å². The van der Waals surface area contributed by atoms with Crippen LogP contribution in [0.4, 0.5) is 0 Å². The number of hydrogen-bond acceptors (Lipinski definition) is 4. The maximum absolute atomic E-state index is 12.6. The molecule has 1 aliphatic rings. The van der Waals surface area contributed by atoms with E-state index in [4.69, 9.17) is 5.26 Å². The molecule has 1 heterocycles. The summed E-state index contributed by atoms with van der Waals surface area (Å²) >= 11 is 0. The van der Waals surface area contributed by atoms with Crippen LogP contribution in [-0.2, 0) is 10.0 Å². The standard InChI is InChI=1S/C14H18N2O3S/c1-10-7-12(8-15)3-4-14(10)20(18,19)16-6-5-13(9-16)11(2)17/h3-4,7,11,13,17H,5-6,9H2,1-2H3. The van der Waals surface area contributed by atoms with Crippen LogP contribution in [0.5, 0.6) is 0 Å². The summed E-state index contributed by atoms with van der Waals surface area (Å²) in [6.45, 7) is 4.15. The van der Waals surface area contributed by atoms with Crippen molar-refractivity contribution < 1.29 is 13.5 Å². The van der Waals surface area contributed by atoms with Gasteiger partial charge in [-0.3, -0.25) is 0 Å². The molecule has 0 saturated carbocycles. The first-order valence-electron chi connectivity index (χ1n) is 6.55. The van der Waals surface area contributed by atoms with Crippen LogP contribution in [0.1, 0.15) is 24.5 Å². The van der Waals surface area contributed by atoms with Gasteiger partial charge in [0.2, 0.25) is 10.0 Å². The molecule has 2 atom stereocenters. The number of aliphatic hydroxyl groups excluding tert-OH is 1. The number of benzene rings is 1. The maximum Gasteiger partial charge on any atom is 0.243 e. The Hall–Kier alpha value is -1.42. The first kappa shape index (κ1) is 15.0. The first-order valence-corrected chi connectivity index (χ1v) is 7.99.